The zero-order chi connectivity index (χ0) is 16.1. The molecule has 3 heterocycles. The molecule has 4 nitrogen and oxygen atoms in total. The van der Waals surface area contributed by atoms with Crippen molar-refractivity contribution in [2.75, 3.05) is 6.54 Å². The molecular weight excluding hydrogens is 295 g/mol. The molecule has 2 aliphatic heterocycles. The molecule has 0 aliphatic carbocycles. The van der Waals surface area contributed by atoms with E-state index in [9.17, 15) is 13.2 Å². The summed E-state index contributed by atoms with van der Waals surface area (Å²) in [5.41, 5.74) is 2.21. The number of aliphatic imine (C=N–C) groups is 1. The van der Waals surface area contributed by atoms with E-state index in [1.165, 1.54) is 10.0 Å². The van der Waals surface area contributed by atoms with Crippen LogP contribution in [0.2, 0.25) is 0 Å². The molecule has 1 aromatic rings. The molecule has 0 bridgehead atoms. The first kappa shape index (κ1) is 14.9. The van der Waals surface area contributed by atoms with Crippen LogP contribution in [0.5, 0.6) is 0 Å². The Morgan fingerprint density at radius 1 is 1.32 bits per heavy atom. The maximum Gasteiger partial charge on any atom is 0.405 e. The summed E-state index contributed by atoms with van der Waals surface area (Å²) in [6, 6.07) is 0.279. The van der Waals surface area contributed by atoms with Gasteiger partial charge in [0.1, 0.15) is 23.9 Å². The Morgan fingerprint density at radius 3 is 2.64 bits per heavy atom. The maximum absolute atomic E-state index is 13.0. The molecule has 0 radical (unpaired) electrons. The van der Waals surface area contributed by atoms with Gasteiger partial charge in [0.2, 0.25) is 0 Å². The number of allylic oxidation sites excluding steroid dienone is 2. The van der Waals surface area contributed by atoms with Gasteiger partial charge in [-0.3, -0.25) is 5.01 Å². The molecule has 2 aliphatic rings. The molecule has 0 N–H and O–H groups in total. The van der Waals surface area contributed by atoms with E-state index in [0.717, 1.165) is 18.2 Å². The zero-order valence-electron chi connectivity index (χ0n) is 12.5. The van der Waals surface area contributed by atoms with Crippen LogP contribution in [0.1, 0.15) is 25.2 Å². The van der Waals surface area contributed by atoms with Gasteiger partial charge in [-0.25, -0.2) is 4.99 Å². The van der Waals surface area contributed by atoms with Gasteiger partial charge in [0.25, 0.3) is 0 Å². The monoisotopic (exact) mass is 311 g/mol. The lowest BCUT2D eigenvalue weighted by atomic mass is 10.1. The number of aryl methyl sites for hydroxylation is 1. The van der Waals surface area contributed by atoms with E-state index in [1.54, 1.807) is 25.3 Å². The molecule has 1 atom stereocenters. The van der Waals surface area contributed by atoms with Gasteiger partial charge in [0, 0.05) is 17.8 Å². The number of nitrogens with zero attached hydrogens (tertiary/aromatic N) is 3. The number of fused-ring (bicyclic) bond motifs is 1. The topological polar surface area (TPSA) is 32.0 Å². The number of furan rings is 1. The number of hydrazine groups is 1. The molecule has 3 rings (SSSR count). The second kappa shape index (κ2) is 5.01. The molecule has 7 heteroatoms. The van der Waals surface area contributed by atoms with Crippen molar-refractivity contribution >= 4 is 5.71 Å². The van der Waals surface area contributed by atoms with Crippen LogP contribution >= 0.6 is 0 Å². The molecule has 0 unspecified atom stereocenters. The number of hydrogen-bond acceptors (Lipinski definition) is 4. The van der Waals surface area contributed by atoms with Crippen LogP contribution in [-0.4, -0.2) is 34.5 Å². The Hall–Kier alpha value is -2.02. The summed E-state index contributed by atoms with van der Waals surface area (Å²) in [4.78, 5) is 4.45. The first-order chi connectivity index (χ1) is 10.3. The summed E-state index contributed by atoms with van der Waals surface area (Å²) in [6.07, 6.45) is 0.781. The lowest BCUT2D eigenvalue weighted by Gasteiger charge is -2.37. The fourth-order valence-electron chi connectivity index (χ4n) is 2.59. The molecule has 0 aromatic carbocycles. The molecule has 0 saturated carbocycles. The maximum atomic E-state index is 13.0. The van der Waals surface area contributed by atoms with E-state index in [1.807, 2.05) is 13.0 Å². The van der Waals surface area contributed by atoms with Gasteiger partial charge in [-0.05, 0) is 39.0 Å². The van der Waals surface area contributed by atoms with Crippen LogP contribution in [0.3, 0.4) is 0 Å². The average molecular weight is 311 g/mol. The van der Waals surface area contributed by atoms with Gasteiger partial charge in [-0.1, -0.05) is 0 Å². The average Bonchev–Trinajstić information content (AvgIpc) is 3.03. The number of alkyl halides is 3. The minimum Gasteiger partial charge on any atom is -0.469 e. The fraction of sp³-hybridized carbons (Fsp3) is 0.400. The van der Waals surface area contributed by atoms with Crippen molar-refractivity contribution in [2.45, 2.75) is 33.0 Å². The summed E-state index contributed by atoms with van der Waals surface area (Å²) in [5, 5.41) is 2.79. The fourth-order valence-corrected chi connectivity index (χ4v) is 2.59. The predicted octanol–water partition coefficient (Wildman–Crippen LogP) is 3.62. The third kappa shape index (κ3) is 2.45. The normalized spacial score (nSPS) is 20.5. The highest BCUT2D eigenvalue weighted by Gasteiger charge is 2.45. The highest BCUT2D eigenvalue weighted by atomic mass is 19.4. The van der Waals surface area contributed by atoms with Crippen molar-refractivity contribution < 1.29 is 17.6 Å². The molecule has 22 heavy (non-hydrogen) atoms. The Kier molecular flexibility index (Phi) is 3.40. The van der Waals surface area contributed by atoms with Crippen LogP contribution in [-0.2, 0) is 0 Å². The molecule has 1 aromatic heterocycles. The van der Waals surface area contributed by atoms with E-state index in [-0.39, 0.29) is 6.54 Å². The Balaban J connectivity index is 1.90. The number of rotatable bonds is 2. The van der Waals surface area contributed by atoms with E-state index >= 15 is 0 Å². The van der Waals surface area contributed by atoms with Gasteiger partial charge in [0.15, 0.2) is 0 Å². The Labute approximate surface area is 126 Å². The summed E-state index contributed by atoms with van der Waals surface area (Å²) in [5.74, 6) is 1.28. The van der Waals surface area contributed by atoms with Crippen LogP contribution in [0, 0.1) is 6.92 Å². The number of halogens is 3. The molecule has 118 valence electrons. The minimum absolute atomic E-state index is 0.183. The van der Waals surface area contributed by atoms with Crippen LogP contribution < -0.4 is 0 Å². The van der Waals surface area contributed by atoms with Gasteiger partial charge >= 0.3 is 6.18 Å². The van der Waals surface area contributed by atoms with Crippen LogP contribution in [0.4, 0.5) is 13.2 Å². The van der Waals surface area contributed by atoms with Gasteiger partial charge < -0.3 is 4.42 Å². The summed E-state index contributed by atoms with van der Waals surface area (Å²) in [7, 11) is 0. The first-order valence-electron chi connectivity index (χ1n) is 6.93. The van der Waals surface area contributed by atoms with E-state index in [2.05, 4.69) is 4.99 Å². The molecule has 0 fully saturated rings. The lowest BCUT2D eigenvalue weighted by molar-refractivity contribution is -0.201. The highest BCUT2D eigenvalue weighted by Crippen LogP contribution is 2.34. The first-order valence-corrected chi connectivity index (χ1v) is 6.93. The Bertz CT molecular complexity index is 684. The van der Waals surface area contributed by atoms with Gasteiger partial charge in [0.05, 0.1) is 5.71 Å². The van der Waals surface area contributed by atoms with Gasteiger partial charge in [-0.15, -0.1) is 0 Å². The van der Waals surface area contributed by atoms with E-state index < -0.39 is 12.2 Å². The second-order valence-corrected chi connectivity index (χ2v) is 5.44. The quantitative estimate of drug-likeness (QED) is 0.836. The van der Waals surface area contributed by atoms with Crippen molar-refractivity contribution in [3.63, 3.8) is 0 Å². The predicted molar refractivity (Wildman–Crippen MR) is 75.9 cm³/mol. The number of hydrogen-bond donors (Lipinski definition) is 0. The van der Waals surface area contributed by atoms with E-state index in [0.29, 0.717) is 17.2 Å². The molecular formula is C15H16F3N3O. The van der Waals surface area contributed by atoms with Crippen molar-refractivity contribution in [3.05, 3.63) is 47.3 Å². The van der Waals surface area contributed by atoms with Crippen LogP contribution in [0.25, 0.3) is 0 Å². The SMILES string of the molecule is CC1=CC(c2coc(C)c2)=NC2=CCN([C@@H](C)C(F)(F)F)N12. The summed E-state index contributed by atoms with van der Waals surface area (Å²) in [6.45, 7) is 4.94. The van der Waals surface area contributed by atoms with Crippen molar-refractivity contribution in [2.24, 2.45) is 4.99 Å². The van der Waals surface area contributed by atoms with Crippen molar-refractivity contribution in [3.8, 4) is 0 Å². The highest BCUT2D eigenvalue weighted by molar-refractivity contribution is 6.09. The van der Waals surface area contributed by atoms with Crippen molar-refractivity contribution in [1.29, 1.82) is 0 Å². The van der Waals surface area contributed by atoms with E-state index in [4.69, 9.17) is 4.42 Å². The third-order valence-electron chi connectivity index (χ3n) is 3.80. The largest absolute Gasteiger partial charge is 0.469 e. The Morgan fingerprint density at radius 2 is 2.05 bits per heavy atom. The summed E-state index contributed by atoms with van der Waals surface area (Å²) < 4.78 is 44.2. The molecule has 0 saturated heterocycles. The van der Waals surface area contributed by atoms with Crippen molar-refractivity contribution in [1.82, 2.24) is 10.0 Å². The standard InChI is InChI=1S/C15H16F3N3O/c1-9-6-13(12-7-10(2)22-8-12)19-14-4-5-20(21(9)14)11(3)15(16,17)18/h4,6-8,11H,5H2,1-3H3/t11-/m0/s1. The molecule has 0 amide bonds. The lowest BCUT2D eigenvalue weighted by Crippen LogP contribution is -2.49. The smallest absolute Gasteiger partial charge is 0.405 e. The van der Waals surface area contributed by atoms with Crippen LogP contribution in [0.15, 0.2) is 45.4 Å². The zero-order valence-corrected chi connectivity index (χ0v) is 12.5. The minimum atomic E-state index is -4.28. The summed E-state index contributed by atoms with van der Waals surface area (Å²) >= 11 is 0. The molecule has 0 spiro atoms. The van der Waals surface area contributed by atoms with Gasteiger partial charge in [-0.2, -0.15) is 18.2 Å². The third-order valence-corrected chi connectivity index (χ3v) is 3.80. The second-order valence-electron chi connectivity index (χ2n) is 5.44.